The fourth-order valence-electron chi connectivity index (χ4n) is 3.76. The topological polar surface area (TPSA) is 72.5 Å². The molecule has 4 nitrogen and oxygen atoms in total. The van der Waals surface area contributed by atoms with Crippen LogP contribution in [0.4, 0.5) is 4.39 Å². The SMILES string of the molecule is COc1ccc(C23CC(C(N)C(=O)O)(C2)C3)cc1F. The van der Waals surface area contributed by atoms with E-state index in [9.17, 15) is 9.18 Å². The molecule has 3 fully saturated rings. The Labute approximate surface area is 110 Å². The first kappa shape index (κ1) is 12.4. The van der Waals surface area contributed by atoms with Crippen molar-refractivity contribution in [1.29, 1.82) is 0 Å². The van der Waals surface area contributed by atoms with E-state index >= 15 is 0 Å². The first-order chi connectivity index (χ1) is 8.92. The number of rotatable bonds is 4. The largest absolute Gasteiger partial charge is 0.494 e. The van der Waals surface area contributed by atoms with Gasteiger partial charge in [-0.15, -0.1) is 0 Å². The summed E-state index contributed by atoms with van der Waals surface area (Å²) in [5, 5.41) is 8.97. The third kappa shape index (κ3) is 1.51. The van der Waals surface area contributed by atoms with Crippen LogP contribution in [0.25, 0.3) is 0 Å². The lowest BCUT2D eigenvalue weighted by Crippen LogP contribution is -2.72. The molecule has 0 spiro atoms. The Morgan fingerprint density at radius 3 is 2.58 bits per heavy atom. The van der Waals surface area contributed by atoms with Crippen LogP contribution in [-0.2, 0) is 10.2 Å². The number of carboxylic acid groups (broad SMARTS) is 1. The van der Waals surface area contributed by atoms with E-state index in [2.05, 4.69) is 0 Å². The minimum Gasteiger partial charge on any atom is -0.494 e. The number of ether oxygens (including phenoxy) is 1. The van der Waals surface area contributed by atoms with Crippen LogP contribution in [0.2, 0.25) is 0 Å². The lowest BCUT2D eigenvalue weighted by molar-refractivity contribution is -0.178. The molecule has 1 aromatic carbocycles. The maximum absolute atomic E-state index is 13.7. The Bertz CT molecular complexity index is 538. The van der Waals surface area contributed by atoms with Crippen LogP contribution in [0.3, 0.4) is 0 Å². The predicted octanol–water partition coefficient (Wildman–Crippen LogP) is 1.67. The normalized spacial score (nSPS) is 33.0. The highest BCUT2D eigenvalue weighted by Gasteiger charge is 2.71. The molecule has 1 unspecified atom stereocenters. The van der Waals surface area contributed by atoms with Crippen LogP contribution >= 0.6 is 0 Å². The van der Waals surface area contributed by atoms with E-state index in [4.69, 9.17) is 15.6 Å². The Kier molecular flexibility index (Phi) is 2.41. The minimum absolute atomic E-state index is 0.0693. The van der Waals surface area contributed by atoms with Crippen molar-refractivity contribution in [2.45, 2.75) is 30.7 Å². The van der Waals surface area contributed by atoms with Gasteiger partial charge in [-0.3, -0.25) is 4.79 Å². The van der Waals surface area contributed by atoms with Crippen LogP contribution in [0, 0.1) is 11.2 Å². The second-order valence-corrected chi connectivity index (χ2v) is 5.84. The van der Waals surface area contributed by atoms with Gasteiger partial charge in [-0.25, -0.2) is 4.39 Å². The van der Waals surface area contributed by atoms with Crippen molar-refractivity contribution < 1.29 is 19.0 Å². The van der Waals surface area contributed by atoms with Gasteiger partial charge in [0, 0.05) is 0 Å². The monoisotopic (exact) mass is 265 g/mol. The van der Waals surface area contributed by atoms with E-state index in [0.29, 0.717) is 0 Å². The van der Waals surface area contributed by atoms with Crippen molar-refractivity contribution in [3.63, 3.8) is 0 Å². The molecule has 1 aromatic rings. The zero-order chi connectivity index (χ0) is 13.8. The van der Waals surface area contributed by atoms with Crippen LogP contribution in [0.15, 0.2) is 18.2 Å². The average Bonchev–Trinajstić information content (AvgIpc) is 2.25. The minimum atomic E-state index is -0.950. The molecule has 3 N–H and O–H groups in total. The number of methoxy groups -OCH3 is 1. The van der Waals surface area contributed by atoms with Gasteiger partial charge in [-0.1, -0.05) is 6.07 Å². The summed E-state index contributed by atoms with van der Waals surface area (Å²) in [5.41, 5.74) is 6.29. The summed E-state index contributed by atoms with van der Waals surface area (Å²) in [6, 6.07) is 4.16. The van der Waals surface area contributed by atoms with Crippen molar-refractivity contribution >= 4 is 5.97 Å². The number of carboxylic acids is 1. The molecule has 0 aliphatic heterocycles. The molecular formula is C14H16FNO3. The molecule has 5 heteroatoms. The van der Waals surface area contributed by atoms with Crippen LogP contribution in [0.1, 0.15) is 24.8 Å². The number of hydrogen-bond donors (Lipinski definition) is 2. The van der Waals surface area contributed by atoms with Crippen molar-refractivity contribution in [3.05, 3.63) is 29.6 Å². The van der Waals surface area contributed by atoms with Crippen LogP contribution in [0.5, 0.6) is 5.75 Å². The Morgan fingerprint density at radius 2 is 2.11 bits per heavy atom. The number of nitrogens with two attached hydrogens (primary N) is 1. The maximum atomic E-state index is 13.7. The fraction of sp³-hybridized carbons (Fsp3) is 0.500. The van der Waals surface area contributed by atoms with E-state index < -0.39 is 12.0 Å². The first-order valence-electron chi connectivity index (χ1n) is 6.25. The fourth-order valence-corrected chi connectivity index (χ4v) is 3.76. The summed E-state index contributed by atoms with van der Waals surface area (Å²) in [4.78, 5) is 10.9. The number of benzene rings is 1. The van der Waals surface area contributed by atoms with E-state index in [-0.39, 0.29) is 22.4 Å². The van der Waals surface area contributed by atoms with Crippen molar-refractivity contribution in [3.8, 4) is 5.75 Å². The smallest absolute Gasteiger partial charge is 0.321 e. The molecule has 3 aliphatic carbocycles. The van der Waals surface area contributed by atoms with E-state index in [1.807, 2.05) is 6.07 Å². The molecule has 3 saturated carbocycles. The van der Waals surface area contributed by atoms with Gasteiger partial charge >= 0.3 is 5.97 Å². The van der Waals surface area contributed by atoms with E-state index in [1.54, 1.807) is 6.07 Å². The van der Waals surface area contributed by atoms with Gasteiger partial charge in [0.15, 0.2) is 11.6 Å². The van der Waals surface area contributed by atoms with Gasteiger partial charge in [0.2, 0.25) is 0 Å². The standard InChI is InChI=1S/C14H16FNO3/c1-19-10-3-2-8(4-9(10)15)13-5-14(6-13,7-13)11(16)12(17)18/h2-4,11H,5-7,16H2,1H3,(H,17,18). The predicted molar refractivity (Wildman–Crippen MR) is 66.5 cm³/mol. The molecule has 2 bridgehead atoms. The summed E-state index contributed by atoms with van der Waals surface area (Å²) in [7, 11) is 1.43. The zero-order valence-electron chi connectivity index (χ0n) is 10.6. The number of hydrogen-bond acceptors (Lipinski definition) is 3. The van der Waals surface area contributed by atoms with Gasteiger partial charge in [-0.05, 0) is 47.8 Å². The molecule has 0 aromatic heterocycles. The molecule has 0 radical (unpaired) electrons. The second-order valence-electron chi connectivity index (χ2n) is 5.84. The molecule has 4 rings (SSSR count). The van der Waals surface area contributed by atoms with E-state index in [1.165, 1.54) is 13.2 Å². The Morgan fingerprint density at radius 1 is 1.47 bits per heavy atom. The summed E-state index contributed by atoms with van der Waals surface area (Å²) in [6.07, 6.45) is 2.21. The zero-order valence-corrected chi connectivity index (χ0v) is 10.6. The molecular weight excluding hydrogens is 249 g/mol. The van der Waals surface area contributed by atoms with Gasteiger partial charge in [0.05, 0.1) is 7.11 Å². The molecule has 1 atom stereocenters. The molecule has 0 heterocycles. The van der Waals surface area contributed by atoms with Gasteiger partial charge in [0.25, 0.3) is 0 Å². The summed E-state index contributed by atoms with van der Waals surface area (Å²) >= 11 is 0. The van der Waals surface area contributed by atoms with Crippen LogP contribution in [-0.4, -0.2) is 24.2 Å². The molecule has 19 heavy (non-hydrogen) atoms. The van der Waals surface area contributed by atoms with Gasteiger partial charge in [0.1, 0.15) is 6.04 Å². The highest BCUT2D eigenvalue weighted by Crippen LogP contribution is 2.74. The van der Waals surface area contributed by atoms with Gasteiger partial charge < -0.3 is 15.6 Å². The van der Waals surface area contributed by atoms with Crippen molar-refractivity contribution in [2.75, 3.05) is 7.11 Å². The molecule has 0 saturated heterocycles. The number of carbonyl (C=O) groups is 1. The average molecular weight is 265 g/mol. The lowest BCUT2D eigenvalue weighted by Gasteiger charge is -2.72. The summed E-state index contributed by atoms with van der Waals surface area (Å²) in [5.74, 6) is -1.09. The molecule has 0 amide bonds. The Balaban J connectivity index is 1.78. The highest BCUT2D eigenvalue weighted by molar-refractivity contribution is 5.76. The number of aliphatic carboxylic acids is 1. The van der Waals surface area contributed by atoms with E-state index in [0.717, 1.165) is 24.8 Å². The quantitative estimate of drug-likeness (QED) is 0.868. The third-order valence-corrected chi connectivity index (χ3v) is 4.76. The highest BCUT2D eigenvalue weighted by atomic mass is 19.1. The molecule has 3 aliphatic rings. The van der Waals surface area contributed by atoms with Gasteiger partial charge in [-0.2, -0.15) is 0 Å². The molecule has 102 valence electrons. The second kappa shape index (κ2) is 3.70. The van der Waals surface area contributed by atoms with Crippen molar-refractivity contribution in [1.82, 2.24) is 0 Å². The van der Waals surface area contributed by atoms with Crippen molar-refractivity contribution in [2.24, 2.45) is 11.1 Å². The summed E-state index contributed by atoms with van der Waals surface area (Å²) < 4.78 is 18.6. The van der Waals surface area contributed by atoms with Crippen LogP contribution < -0.4 is 10.5 Å². The first-order valence-corrected chi connectivity index (χ1v) is 6.25. The Hall–Kier alpha value is -1.62. The summed E-state index contributed by atoms with van der Waals surface area (Å²) in [6.45, 7) is 0. The third-order valence-electron chi connectivity index (χ3n) is 4.76. The lowest BCUT2D eigenvalue weighted by atomic mass is 9.31. The maximum Gasteiger partial charge on any atom is 0.321 e. The number of halogens is 1.